The van der Waals surface area contributed by atoms with E-state index in [1.54, 1.807) is 41.7 Å². The third kappa shape index (κ3) is 6.26. The molecule has 0 saturated heterocycles. The number of nitrogens with zero attached hydrogens (tertiary/aromatic N) is 2. The molecule has 9 heteroatoms. The van der Waals surface area contributed by atoms with E-state index in [0.29, 0.717) is 43.5 Å². The first-order valence-corrected chi connectivity index (χ1v) is 11.7. The highest BCUT2D eigenvalue weighted by atomic mass is 19.1. The standard InChI is InChI=1S/C26H30FN5O3/c1-2-14-31(24-17-22(24)18-5-9-20(27)10-6-18)15-3-4-23(26(34)35)29-25(33)19-7-11-21(12-8-19)32-16-13-28-30-32/h2,5-13,16,22-24,28,30H,1,3-4,14-15,17H2,(H,29,33)(H,34,35)/t22-,23-,24+/m0/s1. The van der Waals surface area contributed by atoms with Gasteiger partial charge in [-0.3, -0.25) is 14.7 Å². The minimum atomic E-state index is -1.06. The molecule has 0 radical (unpaired) electrons. The minimum Gasteiger partial charge on any atom is -0.480 e. The van der Waals surface area contributed by atoms with Crippen LogP contribution in [0.25, 0.3) is 0 Å². The Kier molecular flexibility index (Phi) is 7.79. The maximum absolute atomic E-state index is 13.2. The SMILES string of the molecule is C=CCN(CCC[C@H](NC(=O)c1ccc(N2C=CNN2)cc1)C(=O)O)[C@@H]1C[C@H]1c1ccc(F)cc1. The Morgan fingerprint density at radius 2 is 1.97 bits per heavy atom. The van der Waals surface area contributed by atoms with Gasteiger partial charge in [0.2, 0.25) is 0 Å². The van der Waals surface area contributed by atoms with Crippen LogP contribution in [0.5, 0.6) is 0 Å². The maximum atomic E-state index is 13.2. The van der Waals surface area contributed by atoms with E-state index in [1.807, 2.05) is 18.2 Å². The van der Waals surface area contributed by atoms with Crippen LogP contribution in [0, 0.1) is 5.82 Å². The van der Waals surface area contributed by atoms with Gasteiger partial charge in [0.25, 0.3) is 5.91 Å². The van der Waals surface area contributed by atoms with Crippen molar-refractivity contribution < 1.29 is 19.1 Å². The quantitative estimate of drug-likeness (QED) is 0.347. The summed E-state index contributed by atoms with van der Waals surface area (Å²) in [6, 6.07) is 12.8. The molecule has 1 aliphatic carbocycles. The van der Waals surface area contributed by atoms with Gasteiger partial charge >= 0.3 is 5.97 Å². The lowest BCUT2D eigenvalue weighted by atomic mass is 10.1. The van der Waals surface area contributed by atoms with E-state index >= 15 is 0 Å². The van der Waals surface area contributed by atoms with E-state index in [0.717, 1.165) is 17.7 Å². The molecule has 1 heterocycles. The number of hydrogen-bond donors (Lipinski definition) is 4. The first-order valence-electron chi connectivity index (χ1n) is 11.7. The molecular weight excluding hydrogens is 449 g/mol. The first-order chi connectivity index (χ1) is 17.0. The van der Waals surface area contributed by atoms with Gasteiger partial charge in [0.05, 0.1) is 5.69 Å². The smallest absolute Gasteiger partial charge is 0.326 e. The number of hydrogen-bond acceptors (Lipinski definition) is 6. The molecule has 0 spiro atoms. The van der Waals surface area contributed by atoms with Crippen LogP contribution in [0.4, 0.5) is 10.1 Å². The van der Waals surface area contributed by atoms with Gasteiger partial charge in [-0.1, -0.05) is 18.2 Å². The average molecular weight is 480 g/mol. The van der Waals surface area contributed by atoms with Crippen molar-refractivity contribution in [2.24, 2.45) is 0 Å². The third-order valence-electron chi connectivity index (χ3n) is 6.33. The molecule has 2 aromatic rings. The van der Waals surface area contributed by atoms with Gasteiger partial charge in [-0.15, -0.1) is 12.1 Å². The van der Waals surface area contributed by atoms with Crippen molar-refractivity contribution in [3.63, 3.8) is 0 Å². The molecule has 35 heavy (non-hydrogen) atoms. The van der Waals surface area contributed by atoms with E-state index in [2.05, 4.69) is 27.8 Å². The molecule has 4 N–H and O–H groups in total. The monoisotopic (exact) mass is 479 g/mol. The predicted molar refractivity (Wildman–Crippen MR) is 132 cm³/mol. The second kappa shape index (κ2) is 11.2. The van der Waals surface area contributed by atoms with Crippen molar-refractivity contribution in [3.8, 4) is 0 Å². The summed E-state index contributed by atoms with van der Waals surface area (Å²) in [5, 5.41) is 14.0. The lowest BCUT2D eigenvalue weighted by Gasteiger charge is -2.22. The Hall–Kier alpha value is -3.69. The zero-order valence-corrected chi connectivity index (χ0v) is 19.4. The highest BCUT2D eigenvalue weighted by Gasteiger charge is 2.42. The summed E-state index contributed by atoms with van der Waals surface area (Å²) < 4.78 is 13.2. The van der Waals surface area contributed by atoms with Gasteiger partial charge in [-0.25, -0.2) is 9.18 Å². The molecule has 2 aliphatic rings. The zero-order chi connectivity index (χ0) is 24.8. The minimum absolute atomic E-state index is 0.246. The Balaban J connectivity index is 1.28. The number of carboxylic acid groups (broad SMARTS) is 1. The Morgan fingerprint density at radius 1 is 1.23 bits per heavy atom. The van der Waals surface area contributed by atoms with Gasteiger partial charge in [-0.05, 0) is 67.8 Å². The number of carbonyl (C=O) groups excluding carboxylic acids is 1. The van der Waals surface area contributed by atoms with Crippen LogP contribution >= 0.6 is 0 Å². The molecule has 184 valence electrons. The van der Waals surface area contributed by atoms with Crippen LogP contribution in [0.3, 0.4) is 0 Å². The lowest BCUT2D eigenvalue weighted by molar-refractivity contribution is -0.139. The van der Waals surface area contributed by atoms with Crippen molar-refractivity contribution in [2.75, 3.05) is 18.1 Å². The molecule has 1 saturated carbocycles. The number of aliphatic carboxylic acids is 1. The fraction of sp³-hybridized carbons (Fsp3) is 0.308. The van der Waals surface area contributed by atoms with Crippen LogP contribution in [0.1, 0.15) is 41.1 Å². The molecular formula is C26H30FN5O3. The summed E-state index contributed by atoms with van der Waals surface area (Å²) in [6.45, 7) is 5.22. The number of nitrogens with one attached hydrogen (secondary N) is 3. The van der Waals surface area contributed by atoms with Crippen molar-refractivity contribution in [1.82, 2.24) is 21.2 Å². The number of anilines is 1. The molecule has 4 rings (SSSR count). The van der Waals surface area contributed by atoms with E-state index in [-0.39, 0.29) is 5.82 Å². The largest absolute Gasteiger partial charge is 0.480 e. The van der Waals surface area contributed by atoms with E-state index in [1.165, 1.54) is 12.1 Å². The fourth-order valence-electron chi connectivity index (χ4n) is 4.39. The zero-order valence-electron chi connectivity index (χ0n) is 19.4. The molecule has 3 atom stereocenters. The van der Waals surface area contributed by atoms with Gasteiger partial charge < -0.3 is 15.8 Å². The van der Waals surface area contributed by atoms with Gasteiger partial charge in [0, 0.05) is 36.5 Å². The van der Waals surface area contributed by atoms with Crippen molar-refractivity contribution in [2.45, 2.75) is 37.3 Å². The molecule has 1 fully saturated rings. The number of carboxylic acids is 1. The number of rotatable bonds is 12. The number of benzene rings is 2. The van der Waals surface area contributed by atoms with Crippen LogP contribution in [-0.2, 0) is 4.79 Å². The Bertz CT molecular complexity index is 1070. The van der Waals surface area contributed by atoms with Crippen LogP contribution < -0.4 is 21.3 Å². The summed E-state index contributed by atoms with van der Waals surface area (Å²) in [4.78, 5) is 26.7. The third-order valence-corrected chi connectivity index (χ3v) is 6.33. The number of halogens is 1. The Morgan fingerprint density at radius 3 is 2.60 bits per heavy atom. The van der Waals surface area contributed by atoms with Crippen LogP contribution in [-0.4, -0.2) is 47.1 Å². The van der Waals surface area contributed by atoms with Gasteiger partial charge in [-0.2, -0.15) is 0 Å². The summed E-state index contributed by atoms with van der Waals surface area (Å²) >= 11 is 0. The van der Waals surface area contributed by atoms with Crippen molar-refractivity contribution in [1.29, 1.82) is 0 Å². The van der Waals surface area contributed by atoms with Crippen molar-refractivity contribution in [3.05, 3.63) is 90.5 Å². The molecule has 8 nitrogen and oxygen atoms in total. The molecule has 1 amide bonds. The summed E-state index contributed by atoms with van der Waals surface area (Å²) in [7, 11) is 0. The maximum Gasteiger partial charge on any atom is 0.326 e. The Labute approximate surface area is 204 Å². The van der Waals surface area contributed by atoms with Crippen molar-refractivity contribution >= 4 is 17.6 Å². The predicted octanol–water partition coefficient (Wildman–Crippen LogP) is 3.13. The van der Waals surface area contributed by atoms with E-state index in [9.17, 15) is 19.1 Å². The van der Waals surface area contributed by atoms with E-state index in [4.69, 9.17) is 0 Å². The lowest BCUT2D eigenvalue weighted by Crippen LogP contribution is -2.41. The second-order valence-electron chi connectivity index (χ2n) is 8.74. The molecule has 0 unspecified atom stereocenters. The van der Waals surface area contributed by atoms with E-state index < -0.39 is 17.9 Å². The van der Waals surface area contributed by atoms with Crippen LogP contribution in [0.15, 0.2) is 73.6 Å². The molecule has 1 aliphatic heterocycles. The first kappa shape index (κ1) is 24.4. The van der Waals surface area contributed by atoms with Gasteiger partial charge in [0.15, 0.2) is 0 Å². The number of hydrazine groups is 2. The number of carbonyl (C=O) groups is 2. The summed E-state index contributed by atoms with van der Waals surface area (Å²) in [5.74, 6) is -1.38. The fourth-order valence-corrected chi connectivity index (χ4v) is 4.39. The highest BCUT2D eigenvalue weighted by molar-refractivity contribution is 5.96. The highest BCUT2D eigenvalue weighted by Crippen LogP contribution is 2.44. The average Bonchev–Trinajstić information content (AvgIpc) is 3.45. The summed E-state index contributed by atoms with van der Waals surface area (Å²) in [6.07, 6.45) is 7.28. The second-order valence-corrected chi connectivity index (χ2v) is 8.74. The molecule has 0 bridgehead atoms. The topological polar surface area (TPSA) is 96.9 Å². The summed E-state index contributed by atoms with van der Waals surface area (Å²) in [5.41, 5.74) is 8.08. The van der Waals surface area contributed by atoms with Crippen LogP contribution in [0.2, 0.25) is 0 Å². The molecule has 2 aromatic carbocycles. The normalized spacial score (nSPS) is 19.3. The molecule has 0 aromatic heterocycles. The number of amides is 1. The van der Waals surface area contributed by atoms with Gasteiger partial charge in [0.1, 0.15) is 11.9 Å².